The summed E-state index contributed by atoms with van der Waals surface area (Å²) in [5.74, 6) is -2.12. The lowest BCUT2D eigenvalue weighted by molar-refractivity contribution is -0.124. The van der Waals surface area contributed by atoms with E-state index in [2.05, 4.69) is 5.32 Å². The van der Waals surface area contributed by atoms with Crippen LogP contribution in [0.15, 0.2) is 0 Å². The summed E-state index contributed by atoms with van der Waals surface area (Å²) in [6, 6.07) is 0. The summed E-state index contributed by atoms with van der Waals surface area (Å²) in [4.78, 5) is 11.7. The van der Waals surface area contributed by atoms with Crippen molar-refractivity contribution in [2.75, 3.05) is 13.2 Å². The fourth-order valence-electron chi connectivity index (χ4n) is 1.19. The van der Waals surface area contributed by atoms with Crippen molar-refractivity contribution in [3.63, 3.8) is 0 Å². The highest BCUT2D eigenvalue weighted by atomic mass is 35.6. The molecule has 0 aliphatic carbocycles. The smallest absolute Gasteiger partial charge is 0.338 e. The molecule has 1 N–H and O–H groups in total. The van der Waals surface area contributed by atoms with Crippen LogP contribution in [-0.4, -0.2) is 28.7 Å². The molecule has 0 radical (unpaired) electrons. The van der Waals surface area contributed by atoms with Crippen LogP contribution in [0.1, 0.15) is 27.7 Å². The van der Waals surface area contributed by atoms with Crippen LogP contribution >= 0.6 is 42.4 Å². The second-order valence-electron chi connectivity index (χ2n) is 3.98. The lowest BCUT2D eigenvalue weighted by Gasteiger charge is -2.31. The van der Waals surface area contributed by atoms with E-state index in [0.29, 0.717) is 0 Å². The molecule has 0 aromatic heterocycles. The van der Waals surface area contributed by atoms with Crippen molar-refractivity contribution in [3.8, 4) is 0 Å². The molecule has 9 heteroatoms. The summed E-state index contributed by atoms with van der Waals surface area (Å²) in [7, 11) is -3.77. The Labute approximate surface area is 128 Å². The number of amides is 1. The van der Waals surface area contributed by atoms with Gasteiger partial charge in [0, 0.05) is 5.92 Å². The Balaban J connectivity index is 5.32. The number of carbonyl (C=O) groups is 1. The van der Waals surface area contributed by atoms with Gasteiger partial charge in [0.25, 0.3) is 0 Å². The number of hydrogen-bond acceptors (Lipinski definition) is 4. The van der Waals surface area contributed by atoms with Crippen LogP contribution in [0.2, 0.25) is 0 Å². The van der Waals surface area contributed by atoms with Crippen molar-refractivity contribution in [1.82, 2.24) is 5.32 Å². The zero-order chi connectivity index (χ0) is 15.3. The molecule has 0 unspecified atom stereocenters. The summed E-state index contributed by atoms with van der Waals surface area (Å²) in [6.45, 7) is 6.79. The molecule has 0 saturated carbocycles. The van der Waals surface area contributed by atoms with Crippen molar-refractivity contribution < 1.29 is 18.4 Å². The molecule has 0 aliphatic rings. The molecule has 0 saturated heterocycles. The number of hydrogen-bond donors (Lipinski definition) is 1. The van der Waals surface area contributed by atoms with Crippen molar-refractivity contribution >= 4 is 48.3 Å². The standard InChI is InChI=1S/C10H19Cl3NO4P/c1-5-17-19(16,18-6-2)9(10(11,12)13)14-8(15)7(3)4/h7,9H,5-6H2,1-4H3,(H,14,15)/t9-/m0/s1. The minimum atomic E-state index is -3.77. The Bertz CT molecular complexity index is 336. The Morgan fingerprint density at radius 1 is 1.21 bits per heavy atom. The molecule has 0 aromatic rings. The minimum Gasteiger partial charge on any atom is -0.338 e. The summed E-state index contributed by atoms with van der Waals surface area (Å²) < 4.78 is 20.8. The van der Waals surface area contributed by atoms with Crippen LogP contribution in [0, 0.1) is 5.92 Å². The van der Waals surface area contributed by atoms with Gasteiger partial charge >= 0.3 is 7.60 Å². The van der Waals surface area contributed by atoms with Crippen molar-refractivity contribution in [2.24, 2.45) is 5.92 Å². The van der Waals surface area contributed by atoms with Gasteiger partial charge in [0.2, 0.25) is 9.70 Å². The van der Waals surface area contributed by atoms with Gasteiger partial charge in [-0.2, -0.15) is 0 Å². The largest absolute Gasteiger partial charge is 0.357 e. The van der Waals surface area contributed by atoms with Crippen LogP contribution in [0.3, 0.4) is 0 Å². The number of alkyl halides is 3. The van der Waals surface area contributed by atoms with Crippen molar-refractivity contribution in [3.05, 3.63) is 0 Å². The van der Waals surface area contributed by atoms with Crippen LogP contribution in [-0.2, 0) is 18.4 Å². The molecule has 0 bridgehead atoms. The highest BCUT2D eigenvalue weighted by molar-refractivity contribution is 7.55. The Morgan fingerprint density at radius 3 is 1.89 bits per heavy atom. The third-order valence-corrected chi connectivity index (χ3v) is 5.54. The molecule has 1 amide bonds. The SMILES string of the molecule is CCOP(=O)(OCC)[C@H](NC(=O)C(C)C)C(Cl)(Cl)Cl. The Hall–Kier alpha value is 0.490. The Kier molecular flexibility index (Phi) is 8.27. The topological polar surface area (TPSA) is 64.6 Å². The van der Waals surface area contributed by atoms with Crippen molar-refractivity contribution in [1.29, 1.82) is 0 Å². The second kappa shape index (κ2) is 8.06. The fourth-order valence-corrected chi connectivity index (χ4v) is 4.16. The van der Waals surface area contributed by atoms with Crippen LogP contribution < -0.4 is 5.32 Å². The van der Waals surface area contributed by atoms with E-state index in [-0.39, 0.29) is 19.1 Å². The molecule has 0 aliphatic heterocycles. The molecule has 0 heterocycles. The third kappa shape index (κ3) is 6.19. The predicted molar refractivity (Wildman–Crippen MR) is 77.9 cm³/mol. The van der Waals surface area contributed by atoms with Crippen LogP contribution in [0.25, 0.3) is 0 Å². The molecule has 0 fully saturated rings. The monoisotopic (exact) mass is 353 g/mol. The van der Waals surface area contributed by atoms with Gasteiger partial charge < -0.3 is 14.4 Å². The van der Waals surface area contributed by atoms with E-state index in [9.17, 15) is 9.36 Å². The molecule has 5 nitrogen and oxygen atoms in total. The predicted octanol–water partition coefficient (Wildman–Crippen LogP) is 3.72. The number of nitrogens with one attached hydrogen (secondary N) is 1. The van der Waals surface area contributed by atoms with E-state index in [1.165, 1.54) is 0 Å². The van der Waals surface area contributed by atoms with Gasteiger partial charge in [0.1, 0.15) is 0 Å². The number of carbonyl (C=O) groups excluding carboxylic acids is 1. The first kappa shape index (κ1) is 19.5. The number of halogens is 3. The summed E-state index contributed by atoms with van der Waals surface area (Å²) in [6.07, 6.45) is 0. The van der Waals surface area contributed by atoms with Gasteiger partial charge in [0.05, 0.1) is 13.2 Å². The molecule has 114 valence electrons. The first-order valence-electron chi connectivity index (χ1n) is 5.84. The van der Waals surface area contributed by atoms with E-state index in [1.54, 1.807) is 27.7 Å². The lowest BCUT2D eigenvalue weighted by atomic mass is 10.2. The van der Waals surface area contributed by atoms with Crippen molar-refractivity contribution in [2.45, 2.75) is 37.3 Å². The molecular formula is C10H19Cl3NO4P. The van der Waals surface area contributed by atoms with E-state index in [1.807, 2.05) is 0 Å². The lowest BCUT2D eigenvalue weighted by Crippen LogP contribution is -2.45. The molecule has 0 aromatic carbocycles. The van der Waals surface area contributed by atoms with Gasteiger partial charge in [-0.05, 0) is 13.8 Å². The maximum Gasteiger partial charge on any atom is 0.357 e. The van der Waals surface area contributed by atoms with E-state index >= 15 is 0 Å². The quantitative estimate of drug-likeness (QED) is 0.559. The fraction of sp³-hybridized carbons (Fsp3) is 0.900. The Morgan fingerprint density at radius 2 is 1.63 bits per heavy atom. The average Bonchev–Trinajstić information content (AvgIpc) is 2.24. The normalized spacial score (nSPS) is 14.5. The molecule has 0 spiro atoms. The van der Waals surface area contributed by atoms with Gasteiger partial charge in [0.15, 0.2) is 5.78 Å². The van der Waals surface area contributed by atoms with Gasteiger partial charge in [-0.25, -0.2) is 0 Å². The van der Waals surface area contributed by atoms with Crippen LogP contribution in [0.5, 0.6) is 0 Å². The highest BCUT2D eigenvalue weighted by Gasteiger charge is 2.49. The third-order valence-electron chi connectivity index (χ3n) is 2.05. The first-order chi connectivity index (χ1) is 8.58. The van der Waals surface area contributed by atoms with E-state index in [4.69, 9.17) is 43.9 Å². The summed E-state index contributed by atoms with van der Waals surface area (Å²) in [5, 5.41) is 2.42. The molecular weight excluding hydrogens is 335 g/mol. The maximum atomic E-state index is 12.6. The van der Waals surface area contributed by atoms with Gasteiger partial charge in [-0.3, -0.25) is 9.36 Å². The summed E-state index contributed by atoms with van der Waals surface area (Å²) in [5.41, 5.74) is 0. The van der Waals surface area contributed by atoms with Gasteiger partial charge in [-0.1, -0.05) is 48.7 Å². The minimum absolute atomic E-state index is 0.103. The zero-order valence-electron chi connectivity index (χ0n) is 11.3. The molecule has 0 rings (SSSR count). The maximum absolute atomic E-state index is 12.6. The average molecular weight is 355 g/mol. The van der Waals surface area contributed by atoms with E-state index < -0.39 is 23.1 Å². The van der Waals surface area contributed by atoms with Gasteiger partial charge in [-0.15, -0.1) is 0 Å². The first-order valence-corrected chi connectivity index (χ1v) is 8.59. The summed E-state index contributed by atoms with van der Waals surface area (Å²) >= 11 is 17.4. The van der Waals surface area contributed by atoms with E-state index in [0.717, 1.165) is 0 Å². The molecule has 1 atom stereocenters. The zero-order valence-corrected chi connectivity index (χ0v) is 14.4. The van der Waals surface area contributed by atoms with Crippen LogP contribution in [0.4, 0.5) is 0 Å². The highest BCUT2D eigenvalue weighted by Crippen LogP contribution is 2.58. The molecule has 19 heavy (non-hydrogen) atoms. The second-order valence-corrected chi connectivity index (χ2v) is 8.46. The number of rotatable bonds is 7.